The number of benzene rings is 2. The Balaban J connectivity index is 0.000000646. The van der Waals surface area contributed by atoms with Crippen LogP contribution in [0.1, 0.15) is 27.7 Å². The summed E-state index contributed by atoms with van der Waals surface area (Å²) in [6.45, 7) is 9.75. The van der Waals surface area contributed by atoms with Crippen LogP contribution in [0.5, 0.6) is 11.5 Å². The molecule has 0 amide bonds. The molecule has 0 bridgehead atoms. The topological polar surface area (TPSA) is 42.5 Å². The van der Waals surface area contributed by atoms with Crippen molar-refractivity contribution < 1.29 is 9.47 Å². The van der Waals surface area contributed by atoms with Crippen molar-refractivity contribution in [3.8, 4) is 11.5 Å². The smallest absolute Gasteiger partial charge is 0.212 e. The van der Waals surface area contributed by atoms with Gasteiger partial charge in [-0.25, -0.2) is 0 Å². The second-order valence-corrected chi connectivity index (χ2v) is 7.52. The first kappa shape index (κ1) is 23.3. The third-order valence-electron chi connectivity index (χ3n) is 3.66. The summed E-state index contributed by atoms with van der Waals surface area (Å²) in [5, 5.41) is 8.25. The average Bonchev–Trinajstić information content (AvgIpc) is 2.66. The van der Waals surface area contributed by atoms with Crippen molar-refractivity contribution in [1.82, 2.24) is 0 Å². The summed E-state index contributed by atoms with van der Waals surface area (Å²) in [5.41, 5.74) is 1.82. The third kappa shape index (κ3) is 10.2. The van der Waals surface area contributed by atoms with Crippen molar-refractivity contribution in [2.75, 3.05) is 23.8 Å². The number of ether oxygens (including phenoxy) is 2. The molecule has 0 aliphatic rings. The monoisotopic (exact) mass is 402 g/mol. The highest BCUT2D eigenvalue weighted by Crippen LogP contribution is 2.18. The van der Waals surface area contributed by atoms with Crippen molar-refractivity contribution in [2.45, 2.75) is 33.0 Å². The minimum atomic E-state index is 0.535. The number of rotatable bonds is 7. The van der Waals surface area contributed by atoms with Crippen LogP contribution in [0.15, 0.2) is 48.5 Å². The Morgan fingerprint density at radius 3 is 1.44 bits per heavy atom. The van der Waals surface area contributed by atoms with Crippen LogP contribution in [0.2, 0.25) is 5.28 Å². The minimum absolute atomic E-state index is 0.535. The normalized spacial score (nSPS) is 9.81. The molecule has 2 aromatic rings. The van der Waals surface area contributed by atoms with Gasteiger partial charge in [0.05, 0.1) is 13.2 Å². The van der Waals surface area contributed by atoms with Crippen molar-refractivity contribution in [3.63, 3.8) is 0 Å². The van der Waals surface area contributed by atoms with Gasteiger partial charge in [-0.1, -0.05) is 25.0 Å². The van der Waals surface area contributed by atoms with Gasteiger partial charge in [0, 0.05) is 11.4 Å². The van der Waals surface area contributed by atoms with Crippen LogP contribution in [-0.2, 0) is 0 Å². The molecule has 0 fully saturated rings. The van der Waals surface area contributed by atoms with Gasteiger partial charge in [0.2, 0.25) is 16.3 Å². The first-order valence-corrected chi connectivity index (χ1v) is 11.3. The molecule has 0 aromatic heterocycles. The fourth-order valence-electron chi connectivity index (χ4n) is 1.90. The average molecular weight is 403 g/mol. The Morgan fingerprint density at radius 1 is 0.852 bits per heavy atom. The molecular weight excluding hydrogens is 371 g/mol. The lowest BCUT2D eigenvalue weighted by Crippen LogP contribution is -2.18. The van der Waals surface area contributed by atoms with E-state index in [1.165, 1.54) is 21.6 Å². The highest BCUT2D eigenvalue weighted by atomic mass is 32.1. The number of anilines is 2. The molecule has 0 saturated heterocycles. The Morgan fingerprint density at radius 2 is 1.19 bits per heavy atom. The molecule has 0 atom stereocenters. The summed E-state index contributed by atoms with van der Waals surface area (Å²) >= 11 is 6.67. The largest absolute Gasteiger partial charge is 0.494 e. The van der Waals surface area contributed by atoms with E-state index in [-0.39, 0.29) is 0 Å². The van der Waals surface area contributed by atoms with E-state index >= 15 is 0 Å². The lowest BCUT2D eigenvalue weighted by atomic mass is 10.3. The van der Waals surface area contributed by atoms with Gasteiger partial charge in [-0.3, -0.25) is 0 Å². The lowest BCUT2D eigenvalue weighted by Gasteiger charge is -2.12. The van der Waals surface area contributed by atoms with E-state index in [0.717, 1.165) is 28.8 Å². The van der Waals surface area contributed by atoms with Crippen molar-refractivity contribution in [2.24, 2.45) is 5.92 Å². The highest BCUT2D eigenvalue weighted by Gasteiger charge is 2.00. The van der Waals surface area contributed by atoms with Crippen LogP contribution in [0.25, 0.3) is 0 Å². The Kier molecular flexibility index (Phi) is 11.6. The number of hydrogen-bond donors (Lipinski definition) is 2. The Labute approximate surface area is 177 Å². The van der Waals surface area contributed by atoms with Gasteiger partial charge in [0.25, 0.3) is 0 Å². The molecule has 0 unspecified atom stereocenters. The van der Waals surface area contributed by atoms with E-state index in [4.69, 9.17) is 21.7 Å². The first-order valence-electron chi connectivity index (χ1n) is 9.52. The van der Waals surface area contributed by atoms with Crippen LogP contribution < -0.4 is 20.1 Å². The zero-order valence-electron chi connectivity index (χ0n) is 17.0. The zero-order chi connectivity index (χ0) is 20.1. The summed E-state index contributed by atoms with van der Waals surface area (Å²) in [6, 6.07) is 15.3. The molecule has 146 valence electrons. The first-order chi connectivity index (χ1) is 13.0. The van der Waals surface area contributed by atoms with E-state index in [1.807, 2.05) is 62.4 Å². The van der Waals surface area contributed by atoms with Crippen LogP contribution >= 0.6 is 12.2 Å². The van der Waals surface area contributed by atoms with E-state index in [0.29, 0.717) is 18.3 Å². The predicted molar refractivity (Wildman–Crippen MR) is 123 cm³/mol. The van der Waals surface area contributed by atoms with Gasteiger partial charge < -0.3 is 20.1 Å². The van der Waals surface area contributed by atoms with Crippen LogP contribution in [0, 0.1) is 5.92 Å². The fraction of sp³-hybridized carbons (Fsp3) is 0.381. The quantitative estimate of drug-likeness (QED) is 0.505. The molecule has 0 saturated carbocycles. The van der Waals surface area contributed by atoms with Gasteiger partial charge in [-0.2, -0.15) is 0 Å². The SMILES string of the molecule is CC(C)[CH2][AlH2].CCOc1ccc(NC(=S)Nc2ccc(OCC)cc2)cc1. The standard InChI is InChI=1S/C17H20N2O2S.C4H9.Al.2H/c1-3-20-15-9-5-13(6-10-15)18-17(22)19-14-7-11-16(12-8-14)21-4-2;1-4(2)3;;;/h5-12H,3-4H2,1-2H3,(H2,18,19,22);4H,1H2,2-3H3;;;. The van der Waals surface area contributed by atoms with Gasteiger partial charge in [-0.15, -0.1) is 0 Å². The maximum atomic E-state index is 5.40. The zero-order valence-corrected chi connectivity index (χ0v) is 19.9. The molecule has 0 aliphatic carbocycles. The molecule has 4 nitrogen and oxygen atoms in total. The highest BCUT2D eigenvalue weighted by molar-refractivity contribution is 7.80. The summed E-state index contributed by atoms with van der Waals surface area (Å²) in [7, 11) is 0. The van der Waals surface area contributed by atoms with E-state index in [9.17, 15) is 0 Å². The second-order valence-electron chi connectivity index (χ2n) is 6.30. The molecule has 27 heavy (non-hydrogen) atoms. The molecular formula is C21H31AlN2O2S. The van der Waals surface area contributed by atoms with E-state index in [1.54, 1.807) is 0 Å². The summed E-state index contributed by atoms with van der Waals surface area (Å²) in [6.07, 6.45) is 0. The molecule has 2 rings (SSSR count). The molecule has 2 aromatic carbocycles. The minimum Gasteiger partial charge on any atom is -0.494 e. The summed E-state index contributed by atoms with van der Waals surface area (Å²) < 4.78 is 10.8. The molecule has 2 N–H and O–H groups in total. The molecule has 0 heterocycles. The number of thiocarbonyl (C=S) groups is 1. The Hall–Kier alpha value is -1.74. The van der Waals surface area contributed by atoms with Gasteiger partial charge in [-0.05, 0) is 74.6 Å². The van der Waals surface area contributed by atoms with Crippen molar-refractivity contribution in [3.05, 3.63) is 48.5 Å². The molecule has 0 aliphatic heterocycles. The van der Waals surface area contributed by atoms with E-state index in [2.05, 4.69) is 24.5 Å². The number of hydrogen-bond acceptors (Lipinski definition) is 3. The fourth-order valence-corrected chi connectivity index (χ4v) is 2.13. The molecule has 0 spiro atoms. The van der Waals surface area contributed by atoms with Crippen LogP contribution in [0.4, 0.5) is 11.4 Å². The van der Waals surface area contributed by atoms with Crippen molar-refractivity contribution >= 4 is 45.0 Å². The summed E-state index contributed by atoms with van der Waals surface area (Å²) in [5.74, 6) is 2.64. The van der Waals surface area contributed by atoms with Crippen molar-refractivity contribution in [1.29, 1.82) is 0 Å². The van der Waals surface area contributed by atoms with Crippen LogP contribution in [0.3, 0.4) is 0 Å². The molecule has 0 radical (unpaired) electrons. The van der Waals surface area contributed by atoms with Gasteiger partial charge in [0.1, 0.15) is 11.5 Å². The maximum Gasteiger partial charge on any atom is 0.212 e. The lowest BCUT2D eigenvalue weighted by molar-refractivity contribution is 0.340. The number of nitrogens with one attached hydrogen (secondary N) is 2. The summed E-state index contributed by atoms with van der Waals surface area (Å²) in [4.78, 5) is 0. The predicted octanol–water partition coefficient (Wildman–Crippen LogP) is 4.99. The van der Waals surface area contributed by atoms with Crippen LogP contribution in [-0.4, -0.2) is 34.6 Å². The third-order valence-corrected chi connectivity index (χ3v) is 5.50. The maximum absolute atomic E-state index is 5.40. The molecule has 6 heteroatoms. The second kappa shape index (κ2) is 13.4. The Bertz CT molecular complexity index is 607. The van der Waals surface area contributed by atoms with Gasteiger partial charge >= 0.3 is 0 Å². The van der Waals surface area contributed by atoms with Gasteiger partial charge in [0.15, 0.2) is 5.11 Å². The van der Waals surface area contributed by atoms with E-state index < -0.39 is 0 Å².